The molecule has 1 amide bonds. The van der Waals surface area contributed by atoms with Gasteiger partial charge in [-0.3, -0.25) is 9.59 Å². The van der Waals surface area contributed by atoms with Gasteiger partial charge in [-0.25, -0.2) is 0 Å². The molecular formula is C19H27NO2. The quantitative estimate of drug-likeness (QED) is 0.838. The number of nitrogens with one attached hydrogen (secondary N) is 1. The van der Waals surface area contributed by atoms with Gasteiger partial charge in [-0.05, 0) is 25.2 Å². The van der Waals surface area contributed by atoms with Crippen LogP contribution in [0.2, 0.25) is 0 Å². The third-order valence-electron chi connectivity index (χ3n) is 5.01. The third kappa shape index (κ3) is 4.43. The standard InChI is InChI=1S/C19H27NO2/c1-13-7-9-16(10-8-13)18(21)11-12-19(22)20-17-6-4-5-14(2)15(17)3/h7-10,14-15,17H,4-6,11-12H2,1-3H3,(H,20,22)/t14-,15-,17+/m0/s1. The molecule has 1 saturated carbocycles. The van der Waals surface area contributed by atoms with Crippen LogP contribution in [0, 0.1) is 18.8 Å². The van der Waals surface area contributed by atoms with Gasteiger partial charge < -0.3 is 5.32 Å². The number of hydrogen-bond acceptors (Lipinski definition) is 2. The zero-order valence-corrected chi connectivity index (χ0v) is 13.9. The van der Waals surface area contributed by atoms with Crippen LogP contribution in [0.4, 0.5) is 0 Å². The van der Waals surface area contributed by atoms with Gasteiger partial charge in [-0.1, -0.05) is 56.5 Å². The summed E-state index contributed by atoms with van der Waals surface area (Å²) in [5, 5.41) is 3.12. The van der Waals surface area contributed by atoms with Gasteiger partial charge >= 0.3 is 0 Å². The molecule has 22 heavy (non-hydrogen) atoms. The van der Waals surface area contributed by atoms with E-state index in [2.05, 4.69) is 19.2 Å². The Morgan fingerprint density at radius 1 is 1.09 bits per heavy atom. The molecule has 1 aliphatic carbocycles. The Hall–Kier alpha value is -1.64. The molecule has 1 aromatic carbocycles. The van der Waals surface area contributed by atoms with E-state index in [9.17, 15) is 9.59 Å². The Balaban J connectivity index is 1.80. The number of hydrogen-bond donors (Lipinski definition) is 1. The predicted molar refractivity (Wildman–Crippen MR) is 88.9 cm³/mol. The van der Waals surface area contributed by atoms with Gasteiger partial charge in [0.15, 0.2) is 5.78 Å². The van der Waals surface area contributed by atoms with E-state index in [4.69, 9.17) is 0 Å². The highest BCUT2D eigenvalue weighted by atomic mass is 16.2. The second-order valence-corrected chi connectivity index (χ2v) is 6.73. The maximum atomic E-state index is 12.1. The SMILES string of the molecule is Cc1ccc(C(=O)CCC(=O)N[C@@H]2CCC[C@H](C)[C@@H]2C)cc1. The lowest BCUT2D eigenvalue weighted by molar-refractivity contribution is -0.122. The van der Waals surface area contributed by atoms with Crippen LogP contribution < -0.4 is 5.32 Å². The molecule has 3 atom stereocenters. The van der Waals surface area contributed by atoms with Gasteiger partial charge in [0.05, 0.1) is 0 Å². The van der Waals surface area contributed by atoms with Gasteiger partial charge in [-0.2, -0.15) is 0 Å². The lowest BCUT2D eigenvalue weighted by Crippen LogP contribution is -2.43. The first kappa shape index (κ1) is 16.7. The van der Waals surface area contributed by atoms with Crippen molar-refractivity contribution in [3.63, 3.8) is 0 Å². The molecule has 1 N–H and O–H groups in total. The van der Waals surface area contributed by atoms with E-state index in [0.29, 0.717) is 17.4 Å². The van der Waals surface area contributed by atoms with Crippen molar-refractivity contribution in [1.29, 1.82) is 0 Å². The molecule has 0 bridgehead atoms. The van der Waals surface area contributed by atoms with Crippen molar-refractivity contribution in [2.24, 2.45) is 11.8 Å². The molecule has 1 aliphatic rings. The van der Waals surface area contributed by atoms with Crippen LogP contribution in [-0.2, 0) is 4.79 Å². The molecule has 3 nitrogen and oxygen atoms in total. The number of rotatable bonds is 5. The molecule has 0 spiro atoms. The molecule has 1 aromatic rings. The average molecular weight is 301 g/mol. The van der Waals surface area contributed by atoms with Crippen LogP contribution in [0.1, 0.15) is 61.9 Å². The molecule has 0 aromatic heterocycles. The fourth-order valence-corrected chi connectivity index (χ4v) is 3.18. The van der Waals surface area contributed by atoms with Gasteiger partial charge in [0.1, 0.15) is 0 Å². The summed E-state index contributed by atoms with van der Waals surface area (Å²) in [7, 11) is 0. The zero-order valence-electron chi connectivity index (χ0n) is 13.9. The molecule has 0 unspecified atom stereocenters. The van der Waals surface area contributed by atoms with Crippen molar-refractivity contribution >= 4 is 11.7 Å². The first-order valence-corrected chi connectivity index (χ1v) is 8.36. The summed E-state index contributed by atoms with van der Waals surface area (Å²) in [6.45, 7) is 6.46. The molecule has 2 rings (SSSR count). The smallest absolute Gasteiger partial charge is 0.220 e. The number of carbonyl (C=O) groups excluding carboxylic acids is 2. The van der Waals surface area contributed by atoms with Crippen LogP contribution in [0.25, 0.3) is 0 Å². The number of Topliss-reactive ketones (excluding diaryl/α,β-unsaturated/α-hetero) is 1. The number of ketones is 1. The molecule has 120 valence electrons. The number of carbonyl (C=O) groups is 2. The second-order valence-electron chi connectivity index (χ2n) is 6.73. The minimum absolute atomic E-state index is 0.00594. The van der Waals surface area contributed by atoms with Crippen LogP contribution in [0.5, 0.6) is 0 Å². The molecule has 0 aliphatic heterocycles. The zero-order chi connectivity index (χ0) is 16.1. The summed E-state index contributed by atoms with van der Waals surface area (Å²) < 4.78 is 0. The van der Waals surface area contributed by atoms with Crippen LogP contribution in [0.3, 0.4) is 0 Å². The fraction of sp³-hybridized carbons (Fsp3) is 0.579. The fourth-order valence-electron chi connectivity index (χ4n) is 3.18. The van der Waals surface area contributed by atoms with Gasteiger partial charge in [0.25, 0.3) is 0 Å². The Morgan fingerprint density at radius 3 is 2.45 bits per heavy atom. The molecule has 3 heteroatoms. The second kappa shape index (κ2) is 7.57. The lowest BCUT2D eigenvalue weighted by atomic mass is 9.78. The maximum Gasteiger partial charge on any atom is 0.220 e. The summed E-state index contributed by atoms with van der Waals surface area (Å²) in [4.78, 5) is 24.2. The topological polar surface area (TPSA) is 46.2 Å². The first-order valence-electron chi connectivity index (χ1n) is 8.36. The molecule has 0 radical (unpaired) electrons. The number of aryl methyl sites for hydroxylation is 1. The van der Waals surface area contributed by atoms with E-state index in [0.717, 1.165) is 12.0 Å². The van der Waals surface area contributed by atoms with Crippen molar-refractivity contribution in [2.45, 2.75) is 58.9 Å². The predicted octanol–water partition coefficient (Wildman–Crippen LogP) is 3.90. The average Bonchev–Trinajstić information content (AvgIpc) is 2.50. The number of benzene rings is 1. The number of amides is 1. The Bertz CT molecular complexity index is 521. The van der Waals surface area contributed by atoms with Crippen molar-refractivity contribution in [3.8, 4) is 0 Å². The highest BCUT2D eigenvalue weighted by Gasteiger charge is 2.28. The summed E-state index contributed by atoms with van der Waals surface area (Å²) in [5.74, 6) is 1.23. The van der Waals surface area contributed by atoms with Gasteiger partial charge in [0.2, 0.25) is 5.91 Å². The van der Waals surface area contributed by atoms with Crippen molar-refractivity contribution in [2.75, 3.05) is 0 Å². The third-order valence-corrected chi connectivity index (χ3v) is 5.01. The molecule has 1 fully saturated rings. The van der Waals surface area contributed by atoms with Crippen LogP contribution in [-0.4, -0.2) is 17.7 Å². The van der Waals surface area contributed by atoms with Gasteiger partial charge in [-0.15, -0.1) is 0 Å². The van der Waals surface area contributed by atoms with E-state index in [-0.39, 0.29) is 30.6 Å². The highest BCUT2D eigenvalue weighted by Crippen LogP contribution is 2.29. The lowest BCUT2D eigenvalue weighted by Gasteiger charge is -2.34. The van der Waals surface area contributed by atoms with Crippen molar-refractivity contribution in [3.05, 3.63) is 35.4 Å². The summed E-state index contributed by atoms with van der Waals surface area (Å²) >= 11 is 0. The van der Waals surface area contributed by atoms with E-state index in [1.807, 2.05) is 31.2 Å². The van der Waals surface area contributed by atoms with E-state index in [1.165, 1.54) is 12.8 Å². The Labute approximate surface area is 133 Å². The van der Waals surface area contributed by atoms with Crippen molar-refractivity contribution < 1.29 is 9.59 Å². The molecule has 0 saturated heterocycles. The summed E-state index contributed by atoms with van der Waals surface area (Å²) in [6, 6.07) is 7.79. The van der Waals surface area contributed by atoms with E-state index >= 15 is 0 Å². The molecular weight excluding hydrogens is 274 g/mol. The first-order chi connectivity index (χ1) is 10.5. The Kier molecular flexibility index (Phi) is 5.76. The van der Waals surface area contributed by atoms with E-state index < -0.39 is 0 Å². The van der Waals surface area contributed by atoms with Crippen LogP contribution in [0.15, 0.2) is 24.3 Å². The highest BCUT2D eigenvalue weighted by molar-refractivity contribution is 5.97. The van der Waals surface area contributed by atoms with Crippen molar-refractivity contribution in [1.82, 2.24) is 5.32 Å². The normalized spacial score (nSPS) is 24.8. The van der Waals surface area contributed by atoms with Gasteiger partial charge in [0, 0.05) is 24.4 Å². The largest absolute Gasteiger partial charge is 0.353 e. The monoisotopic (exact) mass is 301 g/mol. The Morgan fingerprint density at radius 2 is 1.77 bits per heavy atom. The summed E-state index contributed by atoms with van der Waals surface area (Å²) in [6.07, 6.45) is 4.05. The summed E-state index contributed by atoms with van der Waals surface area (Å²) in [5.41, 5.74) is 1.83. The maximum absolute atomic E-state index is 12.1. The molecule has 0 heterocycles. The minimum atomic E-state index is 0.00594. The van der Waals surface area contributed by atoms with E-state index in [1.54, 1.807) is 0 Å². The minimum Gasteiger partial charge on any atom is -0.353 e. The van der Waals surface area contributed by atoms with Crippen LogP contribution >= 0.6 is 0 Å².